The molecule has 1 aromatic rings. The van der Waals surface area contributed by atoms with Gasteiger partial charge in [0.15, 0.2) is 0 Å². The van der Waals surface area contributed by atoms with E-state index in [1.807, 2.05) is 6.92 Å². The van der Waals surface area contributed by atoms with Crippen LogP contribution in [0.4, 0.5) is 5.82 Å². The smallest absolute Gasteiger partial charge is 0.246 e. The summed E-state index contributed by atoms with van der Waals surface area (Å²) >= 11 is 0. The molecule has 0 spiro atoms. The van der Waals surface area contributed by atoms with Gasteiger partial charge in [-0.3, -0.25) is 9.48 Å². The number of anilines is 1. The molecule has 1 aliphatic carbocycles. The Morgan fingerprint density at radius 3 is 2.88 bits per heavy atom. The molecule has 0 radical (unpaired) electrons. The maximum atomic E-state index is 12.0. The molecule has 5 nitrogen and oxygen atoms in total. The van der Waals surface area contributed by atoms with Crippen LogP contribution in [0.15, 0.2) is 12.3 Å². The van der Waals surface area contributed by atoms with Crippen LogP contribution in [0.2, 0.25) is 0 Å². The molecule has 1 saturated carbocycles. The number of rotatable bonds is 2. The van der Waals surface area contributed by atoms with E-state index in [9.17, 15) is 4.79 Å². The lowest BCUT2D eigenvalue weighted by atomic mass is 9.63. The monoisotopic (exact) mass is 218 g/mol. The number of carbonyl (C=O) groups excluding carboxylic acids is 1. The van der Waals surface area contributed by atoms with Gasteiger partial charge in [0.1, 0.15) is 11.2 Å². The first-order valence-corrected chi connectivity index (χ1v) is 5.28. The third-order valence-electron chi connectivity index (χ3n) is 3.11. The Morgan fingerprint density at radius 2 is 2.44 bits per heavy atom. The zero-order valence-electron chi connectivity index (χ0n) is 9.40. The van der Waals surface area contributed by atoms with E-state index in [-0.39, 0.29) is 5.91 Å². The Kier molecular flexibility index (Phi) is 2.43. The van der Waals surface area contributed by atoms with Crippen molar-refractivity contribution in [2.75, 3.05) is 5.32 Å². The lowest BCUT2D eigenvalue weighted by Crippen LogP contribution is -2.45. The average molecular weight is 218 g/mol. The number of carbonyl (C=O) groups is 1. The van der Waals surface area contributed by atoms with Gasteiger partial charge >= 0.3 is 0 Å². The lowest BCUT2D eigenvalue weighted by molar-refractivity contribution is -0.128. The molecule has 2 rings (SSSR count). The van der Waals surface area contributed by atoms with Gasteiger partial charge in [-0.2, -0.15) is 10.4 Å². The van der Waals surface area contributed by atoms with Crippen molar-refractivity contribution in [3.63, 3.8) is 0 Å². The van der Waals surface area contributed by atoms with Gasteiger partial charge in [-0.1, -0.05) is 6.92 Å². The molecule has 84 valence electrons. The molecule has 1 amide bonds. The van der Waals surface area contributed by atoms with Crippen molar-refractivity contribution in [1.82, 2.24) is 9.78 Å². The Labute approximate surface area is 94.1 Å². The third kappa shape index (κ3) is 1.56. The molecule has 0 aliphatic heterocycles. The highest BCUT2D eigenvalue weighted by atomic mass is 16.2. The molecule has 1 aromatic heterocycles. The number of nitrogens with one attached hydrogen (secondary N) is 1. The van der Waals surface area contributed by atoms with Gasteiger partial charge in [-0.25, -0.2) is 0 Å². The second kappa shape index (κ2) is 3.63. The zero-order valence-corrected chi connectivity index (χ0v) is 9.40. The summed E-state index contributed by atoms with van der Waals surface area (Å²) in [5.74, 6) is 0.868. The van der Waals surface area contributed by atoms with Crippen LogP contribution in [0.5, 0.6) is 0 Å². The highest BCUT2D eigenvalue weighted by molar-refractivity contribution is 5.97. The number of hydrogen-bond donors (Lipinski definition) is 1. The van der Waals surface area contributed by atoms with E-state index >= 15 is 0 Å². The van der Waals surface area contributed by atoms with Crippen molar-refractivity contribution in [1.29, 1.82) is 5.26 Å². The number of nitriles is 1. The van der Waals surface area contributed by atoms with Gasteiger partial charge in [0.05, 0.1) is 12.3 Å². The van der Waals surface area contributed by atoms with Crippen molar-refractivity contribution in [3.05, 3.63) is 12.3 Å². The van der Waals surface area contributed by atoms with E-state index in [0.29, 0.717) is 24.6 Å². The zero-order chi connectivity index (χ0) is 11.8. The molecule has 0 bridgehead atoms. The van der Waals surface area contributed by atoms with Crippen LogP contribution in [0.25, 0.3) is 0 Å². The summed E-state index contributed by atoms with van der Waals surface area (Å²) < 4.78 is 1.57. The fourth-order valence-electron chi connectivity index (χ4n) is 2.19. The minimum Gasteiger partial charge on any atom is -0.310 e. The van der Waals surface area contributed by atoms with Gasteiger partial charge in [-0.15, -0.1) is 0 Å². The summed E-state index contributed by atoms with van der Waals surface area (Å²) in [4.78, 5) is 12.0. The van der Waals surface area contributed by atoms with Crippen LogP contribution in [0, 0.1) is 22.7 Å². The van der Waals surface area contributed by atoms with Crippen molar-refractivity contribution < 1.29 is 4.79 Å². The Hall–Kier alpha value is -1.83. The van der Waals surface area contributed by atoms with Crippen molar-refractivity contribution in [2.45, 2.75) is 19.8 Å². The summed E-state index contributed by atoms with van der Waals surface area (Å²) in [5.41, 5.74) is -0.830. The quantitative estimate of drug-likeness (QED) is 0.813. The molecule has 0 saturated heterocycles. The number of hydrogen-bond acceptors (Lipinski definition) is 3. The summed E-state index contributed by atoms with van der Waals surface area (Å²) in [7, 11) is 1.75. The average Bonchev–Trinajstić information content (AvgIpc) is 2.59. The van der Waals surface area contributed by atoms with E-state index in [2.05, 4.69) is 16.5 Å². The topological polar surface area (TPSA) is 70.7 Å². The SMILES string of the molecule is CC1CC(C#N)(C(=O)Nc2ccnn2C)C1. The highest BCUT2D eigenvalue weighted by Crippen LogP contribution is 2.45. The fraction of sp³-hybridized carbons (Fsp3) is 0.545. The van der Waals surface area contributed by atoms with E-state index < -0.39 is 5.41 Å². The number of amides is 1. The summed E-state index contributed by atoms with van der Waals surface area (Å²) in [6, 6.07) is 3.85. The van der Waals surface area contributed by atoms with Crippen molar-refractivity contribution in [2.24, 2.45) is 18.4 Å². The molecule has 5 heteroatoms. The van der Waals surface area contributed by atoms with Gasteiger partial charge in [0.25, 0.3) is 0 Å². The van der Waals surface area contributed by atoms with E-state index in [4.69, 9.17) is 5.26 Å². The van der Waals surface area contributed by atoms with Crippen LogP contribution in [-0.4, -0.2) is 15.7 Å². The maximum absolute atomic E-state index is 12.0. The predicted molar refractivity (Wildman–Crippen MR) is 58.3 cm³/mol. The van der Waals surface area contributed by atoms with Crippen LogP contribution in [0.1, 0.15) is 19.8 Å². The first-order valence-electron chi connectivity index (χ1n) is 5.28. The molecular formula is C11H14N4O. The number of nitrogens with zero attached hydrogens (tertiary/aromatic N) is 3. The molecule has 1 heterocycles. The summed E-state index contributed by atoms with van der Waals surface area (Å²) in [6.07, 6.45) is 2.90. The van der Waals surface area contributed by atoms with Crippen LogP contribution < -0.4 is 5.32 Å². The predicted octanol–water partition coefficient (Wildman–Crippen LogP) is 1.30. The molecule has 0 atom stereocenters. The van der Waals surface area contributed by atoms with Crippen molar-refractivity contribution >= 4 is 11.7 Å². The molecule has 16 heavy (non-hydrogen) atoms. The number of aryl methyl sites for hydroxylation is 1. The first kappa shape index (κ1) is 10.7. The normalized spacial score (nSPS) is 27.9. The van der Waals surface area contributed by atoms with Crippen LogP contribution in [0.3, 0.4) is 0 Å². The third-order valence-corrected chi connectivity index (χ3v) is 3.11. The van der Waals surface area contributed by atoms with Crippen molar-refractivity contribution in [3.8, 4) is 6.07 Å². The maximum Gasteiger partial charge on any atom is 0.246 e. The van der Waals surface area contributed by atoms with Gasteiger partial charge < -0.3 is 5.32 Å². The van der Waals surface area contributed by atoms with Gasteiger partial charge in [-0.05, 0) is 18.8 Å². The van der Waals surface area contributed by atoms with Gasteiger partial charge in [0.2, 0.25) is 5.91 Å². The largest absolute Gasteiger partial charge is 0.310 e. The minimum absolute atomic E-state index is 0.211. The molecule has 0 unspecified atom stereocenters. The fourth-order valence-corrected chi connectivity index (χ4v) is 2.19. The Balaban J connectivity index is 2.10. The summed E-state index contributed by atoms with van der Waals surface area (Å²) in [5, 5.41) is 15.8. The van der Waals surface area contributed by atoms with Crippen LogP contribution >= 0.6 is 0 Å². The number of aromatic nitrogens is 2. The lowest BCUT2D eigenvalue weighted by Gasteiger charge is -2.39. The second-order valence-electron chi connectivity index (χ2n) is 4.50. The van der Waals surface area contributed by atoms with Gasteiger partial charge in [0, 0.05) is 13.1 Å². The first-order chi connectivity index (χ1) is 7.57. The van der Waals surface area contributed by atoms with E-state index in [1.165, 1.54) is 0 Å². The minimum atomic E-state index is -0.830. The second-order valence-corrected chi connectivity index (χ2v) is 4.50. The Bertz CT molecular complexity index is 451. The summed E-state index contributed by atoms with van der Waals surface area (Å²) in [6.45, 7) is 2.05. The van der Waals surface area contributed by atoms with E-state index in [1.54, 1.807) is 24.0 Å². The molecule has 1 fully saturated rings. The Morgan fingerprint density at radius 1 is 1.75 bits per heavy atom. The highest BCUT2D eigenvalue weighted by Gasteiger charge is 2.49. The van der Waals surface area contributed by atoms with Crippen LogP contribution in [-0.2, 0) is 11.8 Å². The van der Waals surface area contributed by atoms with E-state index in [0.717, 1.165) is 0 Å². The molecule has 0 aromatic carbocycles. The molecule has 1 aliphatic rings. The standard InChI is InChI=1S/C11H14N4O/c1-8-5-11(6-8,7-12)10(16)14-9-3-4-13-15(9)2/h3-4,8H,5-6H2,1-2H3,(H,14,16). The molecule has 1 N–H and O–H groups in total. The molecular weight excluding hydrogens is 204 g/mol.